The van der Waals surface area contributed by atoms with Crippen molar-refractivity contribution in [3.63, 3.8) is 0 Å². The van der Waals surface area contributed by atoms with Gasteiger partial charge in [-0.2, -0.15) is 0 Å². The van der Waals surface area contributed by atoms with Crippen LogP contribution in [0.5, 0.6) is 6.01 Å². The van der Waals surface area contributed by atoms with Crippen molar-refractivity contribution < 1.29 is 14.1 Å². The van der Waals surface area contributed by atoms with E-state index in [1.54, 1.807) is 11.0 Å². The Morgan fingerprint density at radius 2 is 2.14 bits per heavy atom. The van der Waals surface area contributed by atoms with E-state index in [4.69, 9.17) is 9.26 Å². The first-order valence-electron chi connectivity index (χ1n) is 6.81. The predicted octanol–water partition coefficient (Wildman–Crippen LogP) is 1.37. The molecule has 1 atom stereocenters. The van der Waals surface area contributed by atoms with Crippen molar-refractivity contribution in [1.82, 2.24) is 20.0 Å². The third kappa shape index (κ3) is 3.01. The molecule has 0 unspecified atom stereocenters. The molecule has 110 valence electrons. The summed E-state index contributed by atoms with van der Waals surface area (Å²) < 4.78 is 10.7. The van der Waals surface area contributed by atoms with Crippen LogP contribution in [0.4, 0.5) is 0 Å². The molecule has 2 aromatic heterocycles. The summed E-state index contributed by atoms with van der Waals surface area (Å²) in [5.74, 6) is 0.0817. The number of carbonyl (C=O) groups is 1. The highest BCUT2D eigenvalue weighted by atomic mass is 16.5. The summed E-state index contributed by atoms with van der Waals surface area (Å²) in [6, 6.07) is 3.82. The lowest BCUT2D eigenvalue weighted by molar-refractivity contribution is 0.0728. The van der Waals surface area contributed by atoms with Crippen LogP contribution in [0.2, 0.25) is 0 Å². The van der Waals surface area contributed by atoms with Crippen molar-refractivity contribution >= 4 is 5.91 Å². The minimum atomic E-state index is -0.167. The molecule has 21 heavy (non-hydrogen) atoms. The summed E-state index contributed by atoms with van der Waals surface area (Å²) in [6.45, 7) is 4.91. The quantitative estimate of drug-likeness (QED) is 0.848. The van der Waals surface area contributed by atoms with Gasteiger partial charge in [-0.15, -0.1) is 0 Å². The Morgan fingerprint density at radius 3 is 2.81 bits per heavy atom. The molecule has 0 spiro atoms. The fraction of sp³-hybridized carbons (Fsp3) is 0.429. The van der Waals surface area contributed by atoms with Crippen molar-refractivity contribution in [2.45, 2.75) is 26.4 Å². The van der Waals surface area contributed by atoms with Crippen molar-refractivity contribution in [3.8, 4) is 6.01 Å². The zero-order valence-electron chi connectivity index (χ0n) is 11.9. The van der Waals surface area contributed by atoms with Gasteiger partial charge in [0.25, 0.3) is 5.91 Å². The highest BCUT2D eigenvalue weighted by Gasteiger charge is 2.30. The molecule has 1 saturated heterocycles. The van der Waals surface area contributed by atoms with Gasteiger partial charge in [-0.05, 0) is 19.9 Å². The second-order valence-corrected chi connectivity index (χ2v) is 5.09. The maximum atomic E-state index is 12.1. The van der Waals surface area contributed by atoms with E-state index in [0.717, 1.165) is 17.8 Å². The number of rotatable bonds is 3. The molecule has 0 aliphatic carbocycles. The molecule has 3 heterocycles. The first-order valence-corrected chi connectivity index (χ1v) is 6.81. The summed E-state index contributed by atoms with van der Waals surface area (Å²) in [5, 5.41) is 3.55. The molecule has 1 amide bonds. The van der Waals surface area contributed by atoms with Crippen LogP contribution in [-0.4, -0.2) is 45.1 Å². The van der Waals surface area contributed by atoms with Crippen molar-refractivity contribution in [2.24, 2.45) is 0 Å². The third-order valence-corrected chi connectivity index (χ3v) is 3.31. The van der Waals surface area contributed by atoms with E-state index < -0.39 is 0 Å². The molecule has 2 aromatic rings. The SMILES string of the molecule is Cc1cc(C)nc(O[C@H]2CCN(C(=O)c3ccno3)C2)n1. The first-order chi connectivity index (χ1) is 10.1. The smallest absolute Gasteiger partial charge is 0.317 e. The molecule has 7 heteroatoms. The average molecular weight is 288 g/mol. The first kappa shape index (κ1) is 13.5. The summed E-state index contributed by atoms with van der Waals surface area (Å²) in [6.07, 6.45) is 2.11. The number of likely N-dealkylation sites (tertiary alicyclic amines) is 1. The largest absolute Gasteiger partial charge is 0.458 e. The van der Waals surface area contributed by atoms with Gasteiger partial charge in [0.05, 0.1) is 12.7 Å². The minimum absolute atomic E-state index is 0.0990. The molecular weight excluding hydrogens is 272 g/mol. The fourth-order valence-electron chi connectivity index (χ4n) is 2.39. The van der Waals surface area contributed by atoms with Crippen LogP contribution < -0.4 is 4.74 Å². The Hall–Kier alpha value is -2.44. The molecular formula is C14H16N4O3. The van der Waals surface area contributed by atoms with E-state index >= 15 is 0 Å². The van der Waals surface area contributed by atoms with Crippen LogP contribution in [0.3, 0.4) is 0 Å². The van der Waals surface area contributed by atoms with E-state index in [-0.39, 0.29) is 17.8 Å². The molecule has 0 radical (unpaired) electrons. The highest BCUT2D eigenvalue weighted by Crippen LogP contribution is 2.18. The molecule has 0 bridgehead atoms. The van der Waals surface area contributed by atoms with Crippen LogP contribution in [-0.2, 0) is 0 Å². The van der Waals surface area contributed by atoms with Gasteiger partial charge in [0, 0.05) is 30.4 Å². The maximum absolute atomic E-state index is 12.1. The molecule has 1 aliphatic rings. The maximum Gasteiger partial charge on any atom is 0.317 e. The number of nitrogens with zero attached hydrogens (tertiary/aromatic N) is 4. The monoisotopic (exact) mass is 288 g/mol. The van der Waals surface area contributed by atoms with Gasteiger partial charge in [-0.3, -0.25) is 4.79 Å². The Bertz CT molecular complexity index is 621. The molecule has 0 aromatic carbocycles. The Kier molecular flexibility index (Phi) is 3.55. The van der Waals surface area contributed by atoms with E-state index in [1.807, 2.05) is 19.9 Å². The van der Waals surface area contributed by atoms with Crippen LogP contribution in [0, 0.1) is 13.8 Å². The van der Waals surface area contributed by atoms with Crippen LogP contribution in [0.15, 0.2) is 22.9 Å². The zero-order chi connectivity index (χ0) is 14.8. The average Bonchev–Trinajstić information content (AvgIpc) is 3.07. The minimum Gasteiger partial charge on any atom is -0.458 e. The molecule has 3 rings (SSSR count). The van der Waals surface area contributed by atoms with Gasteiger partial charge in [0.15, 0.2) is 0 Å². The Balaban J connectivity index is 1.63. The second-order valence-electron chi connectivity index (χ2n) is 5.09. The van der Waals surface area contributed by atoms with E-state index in [9.17, 15) is 4.79 Å². The lowest BCUT2D eigenvalue weighted by Crippen LogP contribution is -2.30. The lowest BCUT2D eigenvalue weighted by atomic mass is 10.3. The van der Waals surface area contributed by atoms with E-state index in [0.29, 0.717) is 19.1 Å². The van der Waals surface area contributed by atoms with E-state index in [1.165, 1.54) is 6.20 Å². The van der Waals surface area contributed by atoms with Gasteiger partial charge in [0.2, 0.25) is 5.76 Å². The highest BCUT2D eigenvalue weighted by molar-refractivity contribution is 5.91. The standard InChI is InChI=1S/C14H16N4O3/c1-9-7-10(2)17-14(16-9)20-11-4-6-18(8-11)13(19)12-3-5-15-21-12/h3,5,7,11H,4,6,8H2,1-2H3/t11-/m0/s1. The summed E-state index contributed by atoms with van der Waals surface area (Å²) >= 11 is 0. The number of hydrogen-bond donors (Lipinski definition) is 0. The van der Waals surface area contributed by atoms with Gasteiger partial charge >= 0.3 is 6.01 Å². The molecule has 1 aliphatic heterocycles. The second kappa shape index (κ2) is 5.51. The van der Waals surface area contributed by atoms with Gasteiger partial charge in [-0.1, -0.05) is 5.16 Å². The summed E-state index contributed by atoms with van der Waals surface area (Å²) in [7, 11) is 0. The number of aromatic nitrogens is 3. The molecule has 0 saturated carbocycles. The number of aryl methyl sites for hydroxylation is 2. The van der Waals surface area contributed by atoms with Crippen molar-refractivity contribution in [1.29, 1.82) is 0 Å². The molecule has 7 nitrogen and oxygen atoms in total. The van der Waals surface area contributed by atoms with Crippen molar-refractivity contribution in [3.05, 3.63) is 35.5 Å². The van der Waals surface area contributed by atoms with Crippen LogP contribution in [0.25, 0.3) is 0 Å². The van der Waals surface area contributed by atoms with Gasteiger partial charge < -0.3 is 14.2 Å². The summed E-state index contributed by atoms with van der Waals surface area (Å²) in [4.78, 5) is 22.3. The number of ether oxygens (including phenoxy) is 1. The summed E-state index contributed by atoms with van der Waals surface area (Å²) in [5.41, 5.74) is 1.73. The third-order valence-electron chi connectivity index (χ3n) is 3.31. The van der Waals surface area contributed by atoms with Crippen LogP contribution in [0.1, 0.15) is 28.4 Å². The molecule has 1 fully saturated rings. The van der Waals surface area contributed by atoms with E-state index in [2.05, 4.69) is 15.1 Å². The lowest BCUT2D eigenvalue weighted by Gasteiger charge is -2.15. The number of hydrogen-bond acceptors (Lipinski definition) is 6. The topological polar surface area (TPSA) is 81.4 Å². The normalized spacial score (nSPS) is 18.0. The predicted molar refractivity (Wildman–Crippen MR) is 72.9 cm³/mol. The van der Waals surface area contributed by atoms with Gasteiger partial charge in [0.1, 0.15) is 6.10 Å². The van der Waals surface area contributed by atoms with Gasteiger partial charge in [-0.25, -0.2) is 9.97 Å². The number of carbonyl (C=O) groups excluding carboxylic acids is 1. The Labute approximate surface area is 121 Å². The fourth-order valence-corrected chi connectivity index (χ4v) is 2.39. The Morgan fingerprint density at radius 1 is 1.38 bits per heavy atom. The number of amides is 1. The molecule has 0 N–H and O–H groups in total. The van der Waals surface area contributed by atoms with Crippen molar-refractivity contribution in [2.75, 3.05) is 13.1 Å². The zero-order valence-corrected chi connectivity index (χ0v) is 11.9. The van der Waals surface area contributed by atoms with Crippen LogP contribution >= 0.6 is 0 Å².